The Morgan fingerprint density at radius 1 is 1.11 bits per heavy atom. The zero-order valence-electron chi connectivity index (χ0n) is 9.99. The monoisotopic (exact) mass is 430 g/mol. The van der Waals surface area contributed by atoms with Gasteiger partial charge in [-0.05, 0) is 46.4 Å². The molecule has 0 saturated carbocycles. The van der Waals surface area contributed by atoms with Gasteiger partial charge in [-0.25, -0.2) is 4.79 Å². The van der Waals surface area contributed by atoms with Crippen LogP contribution >= 0.6 is 38.5 Å². The van der Waals surface area contributed by atoms with Gasteiger partial charge >= 0.3 is 6.03 Å². The number of hydrogen-bond donors (Lipinski definition) is 2. The van der Waals surface area contributed by atoms with E-state index in [4.69, 9.17) is 0 Å². The predicted octanol–water partition coefficient (Wildman–Crippen LogP) is 4.38. The molecule has 2 amide bonds. The lowest BCUT2D eigenvalue weighted by Crippen LogP contribution is -2.28. The molecular weight excluding hydrogens is 419 g/mol. The zero-order chi connectivity index (χ0) is 13.7. The summed E-state index contributed by atoms with van der Waals surface area (Å²) in [4.78, 5) is 11.8. The third kappa shape index (κ3) is 4.21. The van der Waals surface area contributed by atoms with Crippen molar-refractivity contribution >= 4 is 50.2 Å². The molecule has 2 aromatic carbocycles. The molecule has 0 spiro atoms. The molecule has 0 aromatic heterocycles. The van der Waals surface area contributed by atoms with Crippen LogP contribution in [0.4, 0.5) is 10.5 Å². The second-order valence-electron chi connectivity index (χ2n) is 3.88. The average molecular weight is 431 g/mol. The molecule has 0 aliphatic carbocycles. The van der Waals surface area contributed by atoms with Crippen molar-refractivity contribution in [2.75, 3.05) is 5.32 Å². The molecule has 2 aromatic rings. The smallest absolute Gasteiger partial charge is 0.319 e. The van der Waals surface area contributed by atoms with Gasteiger partial charge in [0.2, 0.25) is 0 Å². The quantitative estimate of drug-likeness (QED) is 0.697. The number of halogens is 2. The summed E-state index contributed by atoms with van der Waals surface area (Å²) in [6.07, 6.45) is 0. The van der Waals surface area contributed by atoms with Gasteiger partial charge in [0.25, 0.3) is 0 Å². The third-order valence-corrected chi connectivity index (χ3v) is 4.23. The first-order valence-corrected chi connectivity index (χ1v) is 7.57. The highest BCUT2D eigenvalue weighted by molar-refractivity contribution is 14.1. The van der Waals surface area contributed by atoms with E-state index in [1.807, 2.05) is 48.5 Å². The van der Waals surface area contributed by atoms with E-state index in [0.717, 1.165) is 19.3 Å². The number of nitrogens with one attached hydrogen (secondary N) is 2. The van der Waals surface area contributed by atoms with Crippen LogP contribution in [0.5, 0.6) is 0 Å². The highest BCUT2D eigenvalue weighted by Gasteiger charge is 2.05. The molecule has 0 atom stereocenters. The highest BCUT2D eigenvalue weighted by atomic mass is 127. The Kier molecular flexibility index (Phi) is 5.21. The van der Waals surface area contributed by atoms with Crippen LogP contribution in [0.3, 0.4) is 0 Å². The van der Waals surface area contributed by atoms with Crippen LogP contribution < -0.4 is 10.6 Å². The number of carbonyl (C=O) groups excluding carboxylic acids is 1. The summed E-state index contributed by atoms with van der Waals surface area (Å²) >= 11 is 5.64. The van der Waals surface area contributed by atoms with E-state index in [1.165, 1.54) is 0 Å². The number of urea groups is 1. The number of para-hydroxylation sites is 1. The van der Waals surface area contributed by atoms with Gasteiger partial charge < -0.3 is 10.6 Å². The van der Waals surface area contributed by atoms with Crippen LogP contribution in [0.25, 0.3) is 0 Å². The Labute approximate surface area is 134 Å². The van der Waals surface area contributed by atoms with E-state index in [2.05, 4.69) is 49.2 Å². The third-order valence-electron chi connectivity index (χ3n) is 2.52. The van der Waals surface area contributed by atoms with Crippen molar-refractivity contribution in [3.63, 3.8) is 0 Å². The van der Waals surface area contributed by atoms with Gasteiger partial charge in [0.15, 0.2) is 0 Å². The Bertz CT molecular complexity index is 589. The normalized spacial score (nSPS) is 10.0. The lowest BCUT2D eigenvalue weighted by Gasteiger charge is -2.09. The molecule has 0 unspecified atom stereocenters. The van der Waals surface area contributed by atoms with Gasteiger partial charge in [0, 0.05) is 14.6 Å². The highest BCUT2D eigenvalue weighted by Crippen LogP contribution is 2.17. The lowest BCUT2D eigenvalue weighted by molar-refractivity contribution is 0.251. The molecule has 0 aliphatic heterocycles. The number of rotatable bonds is 3. The van der Waals surface area contributed by atoms with Gasteiger partial charge in [-0.3, -0.25) is 0 Å². The molecule has 0 heterocycles. The summed E-state index contributed by atoms with van der Waals surface area (Å²) in [5.74, 6) is 0. The number of amides is 2. The maximum absolute atomic E-state index is 11.8. The van der Waals surface area contributed by atoms with E-state index in [0.29, 0.717) is 6.54 Å². The number of carbonyl (C=O) groups is 1. The van der Waals surface area contributed by atoms with Gasteiger partial charge in [0.1, 0.15) is 0 Å². The fraction of sp³-hybridized carbons (Fsp3) is 0.0714. The second kappa shape index (κ2) is 6.91. The minimum absolute atomic E-state index is 0.208. The molecule has 0 radical (unpaired) electrons. The van der Waals surface area contributed by atoms with Crippen molar-refractivity contribution in [2.45, 2.75) is 6.54 Å². The van der Waals surface area contributed by atoms with E-state index < -0.39 is 0 Å². The minimum Gasteiger partial charge on any atom is -0.334 e. The number of anilines is 1. The topological polar surface area (TPSA) is 41.1 Å². The average Bonchev–Trinajstić information content (AvgIpc) is 2.40. The standard InChI is InChI=1S/C14H12BrIN2O/c15-11-6-2-1-5-10(11)9-17-14(19)18-13-8-4-3-7-12(13)16/h1-8H,9H2,(H2,17,18,19). The van der Waals surface area contributed by atoms with Gasteiger partial charge in [-0.2, -0.15) is 0 Å². The zero-order valence-corrected chi connectivity index (χ0v) is 13.7. The second-order valence-corrected chi connectivity index (χ2v) is 5.90. The van der Waals surface area contributed by atoms with Crippen molar-refractivity contribution < 1.29 is 4.79 Å². The van der Waals surface area contributed by atoms with Gasteiger partial charge in [-0.15, -0.1) is 0 Å². The van der Waals surface area contributed by atoms with E-state index >= 15 is 0 Å². The summed E-state index contributed by atoms with van der Waals surface area (Å²) in [5.41, 5.74) is 1.85. The lowest BCUT2D eigenvalue weighted by atomic mass is 10.2. The van der Waals surface area contributed by atoms with Crippen LogP contribution in [0.1, 0.15) is 5.56 Å². The van der Waals surface area contributed by atoms with E-state index in [1.54, 1.807) is 0 Å². The van der Waals surface area contributed by atoms with Gasteiger partial charge in [0.05, 0.1) is 5.69 Å². The molecule has 3 nitrogen and oxygen atoms in total. The van der Waals surface area contributed by atoms with Crippen molar-refractivity contribution in [1.82, 2.24) is 5.32 Å². The Hall–Kier alpha value is -1.08. The maximum atomic E-state index is 11.8. The summed E-state index contributed by atoms with van der Waals surface area (Å²) < 4.78 is 2.00. The first-order valence-electron chi connectivity index (χ1n) is 5.69. The van der Waals surface area contributed by atoms with Crippen molar-refractivity contribution in [3.8, 4) is 0 Å². The van der Waals surface area contributed by atoms with Crippen molar-refractivity contribution in [2.24, 2.45) is 0 Å². The first kappa shape index (κ1) is 14.3. The molecule has 0 bridgehead atoms. The molecule has 2 rings (SSSR count). The minimum atomic E-state index is -0.208. The fourth-order valence-corrected chi connectivity index (χ4v) is 2.49. The molecule has 0 saturated heterocycles. The Morgan fingerprint density at radius 3 is 2.53 bits per heavy atom. The van der Waals surface area contributed by atoms with Crippen LogP contribution in [0.15, 0.2) is 53.0 Å². The first-order chi connectivity index (χ1) is 9.16. The molecule has 19 heavy (non-hydrogen) atoms. The van der Waals surface area contributed by atoms with Crippen molar-refractivity contribution in [3.05, 3.63) is 62.1 Å². The van der Waals surface area contributed by atoms with Crippen LogP contribution in [-0.2, 0) is 6.54 Å². The summed E-state index contributed by atoms with van der Waals surface area (Å²) in [6.45, 7) is 0.483. The number of benzene rings is 2. The molecule has 0 aliphatic rings. The van der Waals surface area contributed by atoms with E-state index in [-0.39, 0.29) is 6.03 Å². The largest absolute Gasteiger partial charge is 0.334 e. The maximum Gasteiger partial charge on any atom is 0.319 e. The van der Waals surface area contributed by atoms with Crippen LogP contribution in [0.2, 0.25) is 0 Å². The Balaban J connectivity index is 1.92. The molecule has 5 heteroatoms. The molecular formula is C14H12BrIN2O. The summed E-state index contributed by atoms with van der Waals surface area (Å²) in [5, 5.41) is 5.66. The summed E-state index contributed by atoms with van der Waals surface area (Å²) in [6, 6.07) is 15.3. The van der Waals surface area contributed by atoms with Crippen LogP contribution in [0, 0.1) is 3.57 Å². The number of hydrogen-bond acceptors (Lipinski definition) is 1. The fourth-order valence-electron chi connectivity index (χ4n) is 1.55. The van der Waals surface area contributed by atoms with Crippen molar-refractivity contribution in [1.29, 1.82) is 0 Å². The van der Waals surface area contributed by atoms with E-state index in [9.17, 15) is 4.79 Å². The summed E-state index contributed by atoms with van der Waals surface area (Å²) in [7, 11) is 0. The van der Waals surface area contributed by atoms with Crippen LogP contribution in [-0.4, -0.2) is 6.03 Å². The molecule has 2 N–H and O–H groups in total. The molecule has 98 valence electrons. The molecule has 0 fully saturated rings. The SMILES string of the molecule is O=C(NCc1ccccc1Br)Nc1ccccc1I. The predicted molar refractivity (Wildman–Crippen MR) is 89.2 cm³/mol. The van der Waals surface area contributed by atoms with Gasteiger partial charge in [-0.1, -0.05) is 46.3 Å². The Morgan fingerprint density at radius 2 is 1.79 bits per heavy atom.